The second kappa shape index (κ2) is 8.69. The molecule has 5 rings (SSSR count). The highest BCUT2D eigenvalue weighted by atomic mass is 15.1. The fraction of sp³-hybridized carbons (Fsp3) is 0.154. The Bertz CT molecular complexity index is 1360. The predicted octanol–water partition coefficient (Wildman–Crippen LogP) is 5.02. The zero-order chi connectivity index (χ0) is 21.9. The summed E-state index contributed by atoms with van der Waals surface area (Å²) in [5.41, 5.74) is 7.29. The Morgan fingerprint density at radius 1 is 0.750 bits per heavy atom. The summed E-state index contributed by atoms with van der Waals surface area (Å²) in [5.74, 6) is 0.879. The molecule has 4 aromatic heterocycles. The predicted molar refractivity (Wildman–Crippen MR) is 127 cm³/mol. The number of aromatic nitrogens is 5. The van der Waals surface area contributed by atoms with Crippen LogP contribution in [0.3, 0.4) is 0 Å². The molecule has 0 aliphatic rings. The van der Waals surface area contributed by atoms with Crippen molar-refractivity contribution < 1.29 is 0 Å². The van der Waals surface area contributed by atoms with Gasteiger partial charge in [0, 0.05) is 18.4 Å². The minimum atomic E-state index is 0.683. The summed E-state index contributed by atoms with van der Waals surface area (Å²) in [7, 11) is 2.10. The fourth-order valence-corrected chi connectivity index (χ4v) is 3.85. The monoisotopic (exact) mass is 420 g/mol. The third kappa shape index (κ3) is 4.26. The third-order valence-corrected chi connectivity index (χ3v) is 5.31. The summed E-state index contributed by atoms with van der Waals surface area (Å²) in [6, 6.07) is 24.3. The summed E-state index contributed by atoms with van der Waals surface area (Å²) in [6.07, 6.45) is 1.78. The maximum absolute atomic E-state index is 4.94. The van der Waals surface area contributed by atoms with Gasteiger partial charge in [0.05, 0.1) is 34.7 Å². The third-order valence-electron chi connectivity index (χ3n) is 5.31. The van der Waals surface area contributed by atoms with Crippen molar-refractivity contribution in [1.29, 1.82) is 0 Å². The van der Waals surface area contributed by atoms with Crippen LogP contribution in [0.15, 0.2) is 79.0 Å². The van der Waals surface area contributed by atoms with E-state index in [1.807, 2.05) is 55.5 Å². The van der Waals surface area contributed by atoms with Crippen molar-refractivity contribution in [3.8, 4) is 22.8 Å². The van der Waals surface area contributed by atoms with Crippen molar-refractivity contribution >= 4 is 11.0 Å². The number of benzene rings is 1. The summed E-state index contributed by atoms with van der Waals surface area (Å²) in [5, 5.41) is 0. The zero-order valence-electron chi connectivity index (χ0n) is 18.2. The van der Waals surface area contributed by atoms with E-state index in [0.717, 1.165) is 51.9 Å². The number of fused-ring (bicyclic) bond motifs is 1. The molecule has 0 unspecified atom stereocenters. The largest absolute Gasteiger partial charge is 0.339 e. The molecule has 4 heterocycles. The zero-order valence-corrected chi connectivity index (χ0v) is 18.2. The van der Waals surface area contributed by atoms with Gasteiger partial charge < -0.3 is 4.98 Å². The maximum atomic E-state index is 4.94. The van der Waals surface area contributed by atoms with Crippen molar-refractivity contribution in [2.75, 3.05) is 7.05 Å². The van der Waals surface area contributed by atoms with Crippen LogP contribution < -0.4 is 0 Å². The molecule has 0 aliphatic carbocycles. The van der Waals surface area contributed by atoms with Gasteiger partial charge >= 0.3 is 0 Å². The van der Waals surface area contributed by atoms with Crippen LogP contribution in [-0.2, 0) is 13.1 Å². The van der Waals surface area contributed by atoms with Crippen molar-refractivity contribution in [2.45, 2.75) is 20.0 Å². The smallest absolute Gasteiger partial charge is 0.121 e. The van der Waals surface area contributed by atoms with Gasteiger partial charge in [0.15, 0.2) is 0 Å². The molecule has 1 aromatic carbocycles. The van der Waals surface area contributed by atoms with Gasteiger partial charge in [0.25, 0.3) is 0 Å². The number of H-pyrrole nitrogens is 1. The standard InChI is InChI=1S/C26H24N6/c1-18-8-6-11-22(28-18)25-26(23-14-13-20-21(29-23)12-7-15-27-20)31-24(30-25)17-32(2)16-19-9-4-3-5-10-19/h3-15H,16-17H2,1-2H3,(H,30,31). The van der Waals surface area contributed by atoms with E-state index in [9.17, 15) is 0 Å². The first-order chi connectivity index (χ1) is 15.7. The van der Waals surface area contributed by atoms with Gasteiger partial charge in [-0.05, 0) is 55.9 Å². The van der Waals surface area contributed by atoms with Gasteiger partial charge in [-0.15, -0.1) is 0 Å². The van der Waals surface area contributed by atoms with Crippen LogP contribution in [0.2, 0.25) is 0 Å². The summed E-state index contributed by atoms with van der Waals surface area (Å²) in [6.45, 7) is 3.52. The highest BCUT2D eigenvalue weighted by Gasteiger charge is 2.18. The Labute approximate surface area is 187 Å². The second-order valence-electron chi connectivity index (χ2n) is 7.97. The lowest BCUT2D eigenvalue weighted by Crippen LogP contribution is -2.18. The van der Waals surface area contributed by atoms with E-state index in [2.05, 4.69) is 46.2 Å². The quantitative estimate of drug-likeness (QED) is 0.418. The average molecular weight is 421 g/mol. The molecule has 158 valence electrons. The molecular weight excluding hydrogens is 396 g/mol. The first kappa shape index (κ1) is 20.0. The minimum Gasteiger partial charge on any atom is -0.339 e. The first-order valence-electron chi connectivity index (χ1n) is 10.6. The normalized spacial score (nSPS) is 11.3. The van der Waals surface area contributed by atoms with Gasteiger partial charge in [-0.25, -0.2) is 9.97 Å². The van der Waals surface area contributed by atoms with E-state index in [0.29, 0.717) is 6.54 Å². The van der Waals surface area contributed by atoms with Gasteiger partial charge in [0.1, 0.15) is 11.5 Å². The maximum Gasteiger partial charge on any atom is 0.121 e. The Hall–Kier alpha value is -3.90. The molecule has 0 aliphatic heterocycles. The average Bonchev–Trinajstić information content (AvgIpc) is 3.23. The molecule has 0 spiro atoms. The number of aromatic amines is 1. The number of rotatable bonds is 6. The molecule has 1 N–H and O–H groups in total. The van der Waals surface area contributed by atoms with Crippen molar-refractivity contribution in [1.82, 2.24) is 29.8 Å². The Morgan fingerprint density at radius 2 is 1.62 bits per heavy atom. The molecule has 0 fully saturated rings. The molecule has 5 aromatic rings. The van der Waals surface area contributed by atoms with Crippen LogP contribution in [0.4, 0.5) is 0 Å². The van der Waals surface area contributed by atoms with Gasteiger partial charge in [0.2, 0.25) is 0 Å². The molecule has 0 atom stereocenters. The molecular formula is C26H24N6. The van der Waals surface area contributed by atoms with Crippen molar-refractivity contribution in [3.05, 3.63) is 96.1 Å². The molecule has 6 heteroatoms. The van der Waals surface area contributed by atoms with Gasteiger partial charge in [-0.3, -0.25) is 14.9 Å². The van der Waals surface area contributed by atoms with Crippen LogP contribution in [-0.4, -0.2) is 36.9 Å². The van der Waals surface area contributed by atoms with E-state index in [-0.39, 0.29) is 0 Å². The number of pyridine rings is 3. The molecule has 0 amide bonds. The first-order valence-corrected chi connectivity index (χ1v) is 10.6. The Morgan fingerprint density at radius 3 is 2.47 bits per heavy atom. The number of nitrogens with one attached hydrogen (secondary N) is 1. The molecule has 0 bridgehead atoms. The van der Waals surface area contributed by atoms with Crippen LogP contribution >= 0.6 is 0 Å². The van der Waals surface area contributed by atoms with Crippen molar-refractivity contribution in [2.24, 2.45) is 0 Å². The summed E-state index contributed by atoms with van der Waals surface area (Å²) >= 11 is 0. The van der Waals surface area contributed by atoms with E-state index < -0.39 is 0 Å². The van der Waals surface area contributed by atoms with E-state index in [1.165, 1.54) is 5.56 Å². The van der Waals surface area contributed by atoms with E-state index >= 15 is 0 Å². The molecule has 0 saturated heterocycles. The summed E-state index contributed by atoms with van der Waals surface area (Å²) < 4.78 is 0. The number of hydrogen-bond donors (Lipinski definition) is 1. The van der Waals surface area contributed by atoms with Crippen LogP contribution in [0, 0.1) is 6.92 Å². The Kier molecular flexibility index (Phi) is 5.44. The Balaban J connectivity index is 1.53. The lowest BCUT2D eigenvalue weighted by molar-refractivity contribution is 0.312. The highest BCUT2D eigenvalue weighted by molar-refractivity contribution is 5.81. The highest BCUT2D eigenvalue weighted by Crippen LogP contribution is 2.29. The molecule has 6 nitrogen and oxygen atoms in total. The van der Waals surface area contributed by atoms with Crippen LogP contribution in [0.1, 0.15) is 17.1 Å². The van der Waals surface area contributed by atoms with E-state index in [1.54, 1.807) is 6.20 Å². The van der Waals surface area contributed by atoms with Crippen molar-refractivity contribution in [3.63, 3.8) is 0 Å². The number of aryl methyl sites for hydroxylation is 1. The summed E-state index contributed by atoms with van der Waals surface area (Å²) in [4.78, 5) is 24.6. The molecule has 0 saturated carbocycles. The van der Waals surface area contributed by atoms with Gasteiger partial charge in [-0.2, -0.15) is 0 Å². The number of hydrogen-bond acceptors (Lipinski definition) is 5. The van der Waals surface area contributed by atoms with Gasteiger partial charge in [-0.1, -0.05) is 36.4 Å². The van der Waals surface area contributed by atoms with Crippen LogP contribution in [0.25, 0.3) is 33.8 Å². The fourth-order valence-electron chi connectivity index (χ4n) is 3.85. The minimum absolute atomic E-state index is 0.683. The number of imidazole rings is 1. The topological polar surface area (TPSA) is 70.6 Å². The van der Waals surface area contributed by atoms with Crippen LogP contribution in [0.5, 0.6) is 0 Å². The van der Waals surface area contributed by atoms with E-state index in [4.69, 9.17) is 15.0 Å². The molecule has 0 radical (unpaired) electrons. The lowest BCUT2D eigenvalue weighted by Gasteiger charge is -2.15. The lowest BCUT2D eigenvalue weighted by atomic mass is 10.1. The molecule has 32 heavy (non-hydrogen) atoms. The SMILES string of the molecule is Cc1cccc(-c2nc(CN(C)Cc3ccccc3)[nH]c2-c2ccc3ncccc3n2)n1. The number of nitrogens with zero attached hydrogens (tertiary/aromatic N) is 5. The second-order valence-corrected chi connectivity index (χ2v) is 7.97.